The zero-order chi connectivity index (χ0) is 22.9. The molecule has 0 saturated heterocycles. The summed E-state index contributed by atoms with van der Waals surface area (Å²) in [5, 5.41) is 0. The maximum atomic E-state index is 2.35. The van der Waals surface area contributed by atoms with E-state index in [1.807, 2.05) is 38.8 Å². The number of allylic oxidation sites excluding steroid dienone is 2. The summed E-state index contributed by atoms with van der Waals surface area (Å²) in [7, 11) is 0. The molecule has 178 valence electrons. The van der Waals surface area contributed by atoms with Gasteiger partial charge in [-0.15, -0.1) is 0 Å². The standard InChI is InChI=1S/C23H32.C4H10.2C2H6/c1-3-8-18(9-4-1)16-22(19-10-5-2-6-11-19)17-21-15-14-20-12-7-13-23(20)21;1-3-4-2;2*1-2/h1,3-4,8-9,19,21-22H,2,5-7,10-17H2;3-4H2,1-2H3;2*1-2H3. The zero-order valence-corrected chi connectivity index (χ0v) is 22.0. The first-order valence-corrected chi connectivity index (χ1v) is 14.1. The Balaban J connectivity index is 0.000000532. The Morgan fingerprint density at radius 1 is 0.742 bits per heavy atom. The molecule has 0 amide bonds. The highest BCUT2D eigenvalue weighted by molar-refractivity contribution is 5.27. The van der Waals surface area contributed by atoms with Crippen LogP contribution >= 0.6 is 0 Å². The molecule has 4 rings (SSSR count). The SMILES string of the molecule is CC.CC.CCCC.c1ccc(CC(CC2CCC3=C2CCC3)C2CCCCC2)cc1. The summed E-state index contributed by atoms with van der Waals surface area (Å²) in [6, 6.07) is 11.3. The van der Waals surface area contributed by atoms with E-state index in [2.05, 4.69) is 44.2 Å². The van der Waals surface area contributed by atoms with Gasteiger partial charge < -0.3 is 0 Å². The minimum absolute atomic E-state index is 0.926. The number of benzene rings is 1. The van der Waals surface area contributed by atoms with Gasteiger partial charge in [0.25, 0.3) is 0 Å². The molecule has 1 saturated carbocycles. The topological polar surface area (TPSA) is 0 Å². The summed E-state index contributed by atoms with van der Waals surface area (Å²) in [6.45, 7) is 12.4. The Morgan fingerprint density at radius 2 is 1.39 bits per heavy atom. The number of hydrogen-bond donors (Lipinski definition) is 0. The van der Waals surface area contributed by atoms with E-state index in [0.717, 1.165) is 17.8 Å². The zero-order valence-electron chi connectivity index (χ0n) is 22.0. The van der Waals surface area contributed by atoms with Crippen molar-refractivity contribution in [1.29, 1.82) is 0 Å². The lowest BCUT2D eigenvalue weighted by Gasteiger charge is -2.33. The molecule has 3 aliphatic rings. The molecule has 0 heteroatoms. The van der Waals surface area contributed by atoms with Gasteiger partial charge >= 0.3 is 0 Å². The van der Waals surface area contributed by atoms with Gasteiger partial charge in [0.15, 0.2) is 0 Å². The molecule has 0 aliphatic heterocycles. The average Bonchev–Trinajstić information content (AvgIpc) is 3.48. The van der Waals surface area contributed by atoms with Crippen LogP contribution < -0.4 is 0 Å². The molecule has 31 heavy (non-hydrogen) atoms. The van der Waals surface area contributed by atoms with Gasteiger partial charge in [-0.3, -0.25) is 0 Å². The summed E-state index contributed by atoms with van der Waals surface area (Å²) in [5.74, 6) is 2.87. The van der Waals surface area contributed by atoms with E-state index < -0.39 is 0 Å². The number of rotatable bonds is 6. The highest BCUT2D eigenvalue weighted by Gasteiger charge is 2.33. The lowest BCUT2D eigenvalue weighted by molar-refractivity contribution is 0.215. The summed E-state index contributed by atoms with van der Waals surface area (Å²) >= 11 is 0. The first-order chi connectivity index (χ1) is 15.3. The first kappa shape index (κ1) is 28.0. The largest absolute Gasteiger partial charge is 0.0707 e. The lowest BCUT2D eigenvalue weighted by Crippen LogP contribution is -2.23. The predicted octanol–water partition coefficient (Wildman–Crippen LogP) is 10.6. The first-order valence-electron chi connectivity index (χ1n) is 14.1. The molecule has 1 aromatic rings. The minimum Gasteiger partial charge on any atom is -0.0707 e. The summed E-state index contributed by atoms with van der Waals surface area (Å²) in [5.41, 5.74) is 5.36. The van der Waals surface area contributed by atoms with Crippen molar-refractivity contribution in [3.8, 4) is 0 Å². The van der Waals surface area contributed by atoms with Crippen LogP contribution in [0.1, 0.15) is 131 Å². The second-order valence-electron chi connectivity index (χ2n) is 9.30. The Morgan fingerprint density at radius 3 is 2.00 bits per heavy atom. The quantitative estimate of drug-likeness (QED) is 0.397. The van der Waals surface area contributed by atoms with Gasteiger partial charge in [0, 0.05) is 0 Å². The van der Waals surface area contributed by atoms with E-state index in [-0.39, 0.29) is 0 Å². The van der Waals surface area contributed by atoms with Crippen LogP contribution in [0.2, 0.25) is 0 Å². The summed E-state index contributed by atoms with van der Waals surface area (Å²) in [4.78, 5) is 0. The Labute approximate surface area is 196 Å². The van der Waals surface area contributed by atoms with E-state index in [9.17, 15) is 0 Å². The third-order valence-corrected chi connectivity index (χ3v) is 7.41. The van der Waals surface area contributed by atoms with Gasteiger partial charge in [0.1, 0.15) is 0 Å². The fourth-order valence-electron chi connectivity index (χ4n) is 5.72. The molecular weight excluding hydrogens is 372 g/mol. The van der Waals surface area contributed by atoms with E-state index >= 15 is 0 Å². The molecule has 0 bridgehead atoms. The van der Waals surface area contributed by atoms with Crippen LogP contribution in [0, 0.1) is 17.8 Å². The molecule has 0 radical (unpaired) electrons. The third kappa shape index (κ3) is 9.55. The molecule has 3 aliphatic carbocycles. The van der Waals surface area contributed by atoms with Gasteiger partial charge in [0.05, 0.1) is 0 Å². The monoisotopic (exact) mass is 426 g/mol. The average molecular weight is 427 g/mol. The minimum atomic E-state index is 0.926. The van der Waals surface area contributed by atoms with Gasteiger partial charge in [-0.05, 0) is 68.3 Å². The van der Waals surface area contributed by atoms with E-state index in [0.29, 0.717) is 0 Å². The second-order valence-corrected chi connectivity index (χ2v) is 9.30. The Hall–Kier alpha value is -1.04. The fourth-order valence-corrected chi connectivity index (χ4v) is 5.72. The molecular formula is C31H54. The fraction of sp³-hybridized carbons (Fsp3) is 0.742. The summed E-state index contributed by atoms with van der Waals surface area (Å²) < 4.78 is 0. The Kier molecular flexibility index (Phi) is 15.8. The van der Waals surface area contributed by atoms with Gasteiger partial charge in [-0.25, -0.2) is 0 Å². The highest BCUT2D eigenvalue weighted by atomic mass is 14.4. The maximum absolute atomic E-state index is 2.35. The maximum Gasteiger partial charge on any atom is -0.0195 e. The van der Waals surface area contributed by atoms with Crippen LogP contribution in [0.3, 0.4) is 0 Å². The number of unbranched alkanes of at least 4 members (excludes halogenated alkanes) is 1. The molecule has 0 N–H and O–H groups in total. The highest BCUT2D eigenvalue weighted by Crippen LogP contribution is 2.47. The van der Waals surface area contributed by atoms with Crippen molar-refractivity contribution in [3.63, 3.8) is 0 Å². The van der Waals surface area contributed by atoms with Crippen LogP contribution in [0.4, 0.5) is 0 Å². The van der Waals surface area contributed by atoms with Gasteiger partial charge in [-0.1, -0.05) is 128 Å². The van der Waals surface area contributed by atoms with Crippen LogP contribution in [0.15, 0.2) is 41.5 Å². The predicted molar refractivity (Wildman–Crippen MR) is 142 cm³/mol. The molecule has 1 aromatic carbocycles. The van der Waals surface area contributed by atoms with Crippen LogP contribution in [0.25, 0.3) is 0 Å². The van der Waals surface area contributed by atoms with Crippen molar-refractivity contribution < 1.29 is 0 Å². The normalized spacial score (nSPS) is 21.0. The van der Waals surface area contributed by atoms with Crippen molar-refractivity contribution in [2.24, 2.45) is 17.8 Å². The molecule has 2 atom stereocenters. The van der Waals surface area contributed by atoms with Crippen LogP contribution in [-0.2, 0) is 6.42 Å². The van der Waals surface area contributed by atoms with E-state index in [4.69, 9.17) is 0 Å². The van der Waals surface area contributed by atoms with Gasteiger partial charge in [-0.2, -0.15) is 0 Å². The summed E-state index contributed by atoms with van der Waals surface area (Å²) in [6.07, 6.45) is 20.1. The van der Waals surface area contributed by atoms with Crippen molar-refractivity contribution in [2.75, 3.05) is 0 Å². The van der Waals surface area contributed by atoms with Crippen LogP contribution in [0.5, 0.6) is 0 Å². The Bertz CT molecular complexity index is 559. The molecule has 0 aromatic heterocycles. The second kappa shape index (κ2) is 17.5. The molecule has 0 heterocycles. The number of hydrogen-bond acceptors (Lipinski definition) is 0. The molecule has 2 unspecified atom stereocenters. The molecule has 0 spiro atoms. The van der Waals surface area contributed by atoms with E-state index in [1.165, 1.54) is 89.9 Å². The lowest BCUT2D eigenvalue weighted by atomic mass is 9.73. The van der Waals surface area contributed by atoms with Gasteiger partial charge in [0.2, 0.25) is 0 Å². The molecule has 1 fully saturated rings. The van der Waals surface area contributed by atoms with Crippen molar-refractivity contribution in [2.45, 2.75) is 131 Å². The van der Waals surface area contributed by atoms with Crippen molar-refractivity contribution >= 4 is 0 Å². The van der Waals surface area contributed by atoms with Crippen molar-refractivity contribution in [1.82, 2.24) is 0 Å². The van der Waals surface area contributed by atoms with Crippen LogP contribution in [-0.4, -0.2) is 0 Å². The molecule has 0 nitrogen and oxygen atoms in total. The third-order valence-electron chi connectivity index (χ3n) is 7.41. The van der Waals surface area contributed by atoms with Crippen molar-refractivity contribution in [3.05, 3.63) is 47.0 Å². The smallest absolute Gasteiger partial charge is 0.0195 e. The van der Waals surface area contributed by atoms with E-state index in [1.54, 1.807) is 5.56 Å².